The second-order valence-electron chi connectivity index (χ2n) is 6.94. The molecule has 12 heteroatoms. The van der Waals surface area contributed by atoms with Gasteiger partial charge in [-0.25, -0.2) is 19.4 Å². The molecule has 0 saturated heterocycles. The first-order chi connectivity index (χ1) is 15.0. The van der Waals surface area contributed by atoms with Gasteiger partial charge in [-0.1, -0.05) is 0 Å². The Morgan fingerprint density at radius 1 is 0.969 bits per heavy atom. The fourth-order valence-corrected chi connectivity index (χ4v) is 3.42. The minimum atomic E-state index is -4.79. The molecule has 0 bridgehead atoms. The Morgan fingerprint density at radius 2 is 1.66 bits per heavy atom. The molecule has 2 aromatic heterocycles. The minimum absolute atomic E-state index is 0.0894. The summed E-state index contributed by atoms with van der Waals surface area (Å²) in [4.78, 5) is 28.5. The third-order valence-electron chi connectivity index (χ3n) is 4.98. The van der Waals surface area contributed by atoms with Crippen molar-refractivity contribution in [2.75, 3.05) is 7.05 Å². The van der Waals surface area contributed by atoms with Crippen LogP contribution in [0.1, 0.15) is 16.8 Å². The lowest BCUT2D eigenvalue weighted by Gasteiger charge is -2.27. The van der Waals surface area contributed by atoms with Gasteiger partial charge in [0.2, 0.25) is 0 Å². The van der Waals surface area contributed by atoms with Crippen LogP contribution in [0.15, 0.2) is 53.9 Å². The number of nitrogens with zero attached hydrogens (tertiary/aromatic N) is 5. The number of hydrogen-bond acceptors (Lipinski definition) is 6. The Bertz CT molecular complexity index is 1240. The number of aromatic nitrogens is 3. The number of carbonyl (C=O) groups is 1. The average Bonchev–Trinajstić information content (AvgIpc) is 2.98. The van der Waals surface area contributed by atoms with Crippen molar-refractivity contribution in [3.8, 4) is 11.1 Å². The summed E-state index contributed by atoms with van der Waals surface area (Å²) in [6.07, 6.45) is -2.71. The number of hydrogen-bond donors (Lipinski definition) is 1. The van der Waals surface area contributed by atoms with Crippen LogP contribution in [0, 0.1) is 11.9 Å². The minimum Gasteiger partial charge on any atom is -0.369 e. The number of rotatable bonds is 3. The highest BCUT2D eigenvalue weighted by molar-refractivity contribution is 6.09. The van der Waals surface area contributed by atoms with Gasteiger partial charge in [0.25, 0.3) is 5.91 Å². The van der Waals surface area contributed by atoms with Gasteiger partial charge in [0.05, 0.1) is 0 Å². The maximum atomic E-state index is 14.6. The number of guanidine groups is 1. The van der Waals surface area contributed by atoms with E-state index in [1.807, 2.05) is 0 Å². The van der Waals surface area contributed by atoms with Gasteiger partial charge >= 0.3 is 12.3 Å². The lowest BCUT2D eigenvalue weighted by Crippen LogP contribution is -2.41. The summed E-state index contributed by atoms with van der Waals surface area (Å²) in [7, 11) is 1.29. The van der Waals surface area contributed by atoms with E-state index in [9.17, 15) is 26.7 Å². The maximum Gasteiger partial charge on any atom is 0.433 e. The molecule has 1 atom stereocenters. The number of halogens is 5. The van der Waals surface area contributed by atoms with Crippen LogP contribution in [0.5, 0.6) is 0 Å². The summed E-state index contributed by atoms with van der Waals surface area (Å²) >= 11 is 0. The van der Waals surface area contributed by atoms with E-state index in [1.54, 1.807) is 0 Å². The molecule has 32 heavy (non-hydrogen) atoms. The van der Waals surface area contributed by atoms with E-state index in [2.05, 4.69) is 19.9 Å². The molecule has 0 radical (unpaired) electrons. The Morgan fingerprint density at radius 3 is 2.25 bits per heavy atom. The Balaban J connectivity index is 1.98. The molecule has 4 rings (SSSR count). The van der Waals surface area contributed by atoms with Gasteiger partial charge in [-0.2, -0.15) is 17.6 Å². The lowest BCUT2D eigenvalue weighted by atomic mass is 9.81. The molecule has 0 saturated carbocycles. The second kappa shape index (κ2) is 7.32. The molecular weight excluding hydrogens is 435 g/mol. The molecule has 0 fully saturated rings. The number of amides is 1. The Hall–Kier alpha value is -3.96. The molecule has 0 aliphatic carbocycles. The van der Waals surface area contributed by atoms with E-state index in [4.69, 9.17) is 5.73 Å². The third kappa shape index (κ3) is 3.43. The van der Waals surface area contributed by atoms with Crippen molar-refractivity contribution in [2.24, 2.45) is 10.7 Å². The highest BCUT2D eigenvalue weighted by Gasteiger charge is 2.50. The van der Waals surface area contributed by atoms with Crippen LogP contribution in [-0.2, 0) is 16.5 Å². The number of alkyl halides is 3. The molecule has 7 nitrogen and oxygen atoms in total. The molecule has 1 amide bonds. The lowest BCUT2D eigenvalue weighted by molar-refractivity contribution is -0.141. The van der Waals surface area contributed by atoms with Gasteiger partial charge in [-0.05, 0) is 47.0 Å². The van der Waals surface area contributed by atoms with Gasteiger partial charge < -0.3 is 5.73 Å². The van der Waals surface area contributed by atoms with E-state index in [-0.39, 0.29) is 28.2 Å². The molecule has 1 aliphatic heterocycles. The monoisotopic (exact) mass is 448 g/mol. The van der Waals surface area contributed by atoms with Crippen molar-refractivity contribution in [3.63, 3.8) is 0 Å². The second-order valence-corrected chi connectivity index (χ2v) is 6.94. The van der Waals surface area contributed by atoms with E-state index in [1.165, 1.54) is 19.2 Å². The van der Waals surface area contributed by atoms with Crippen molar-refractivity contribution in [1.29, 1.82) is 0 Å². The van der Waals surface area contributed by atoms with Crippen LogP contribution >= 0.6 is 0 Å². The fourth-order valence-electron chi connectivity index (χ4n) is 3.42. The number of pyridine rings is 1. The Kier molecular flexibility index (Phi) is 4.87. The van der Waals surface area contributed by atoms with E-state index in [0.717, 1.165) is 35.6 Å². The fraction of sp³-hybridized carbons (Fsp3) is 0.150. The van der Waals surface area contributed by atoms with Crippen molar-refractivity contribution in [1.82, 2.24) is 19.9 Å². The standard InChI is InChI=1S/C20H13F5N6O/c1-31-16(32)19(30-18(31)26,12-2-3-27-15(7-12)20(23,24)25)13-4-10(5-14(21)6-13)11-8-28-17(22)29-9-11/h2-9H,1H3,(H2,26,30). The summed E-state index contributed by atoms with van der Waals surface area (Å²) in [6, 6.07) is 5.22. The molecule has 1 aromatic carbocycles. The third-order valence-corrected chi connectivity index (χ3v) is 4.98. The zero-order valence-electron chi connectivity index (χ0n) is 16.2. The molecule has 1 aliphatic rings. The normalized spacial score (nSPS) is 18.8. The summed E-state index contributed by atoms with van der Waals surface area (Å²) in [5.41, 5.74) is 2.53. The number of aliphatic imine (C=N–C) groups is 1. The van der Waals surface area contributed by atoms with Crippen LogP contribution in [-0.4, -0.2) is 38.8 Å². The summed E-state index contributed by atoms with van der Waals surface area (Å²) in [5, 5.41) is 0. The van der Waals surface area contributed by atoms with Crippen LogP contribution in [0.2, 0.25) is 0 Å². The molecule has 3 heterocycles. The molecule has 2 N–H and O–H groups in total. The van der Waals surface area contributed by atoms with Crippen LogP contribution in [0.3, 0.4) is 0 Å². The molecule has 0 spiro atoms. The van der Waals surface area contributed by atoms with Gasteiger partial charge in [-0.3, -0.25) is 14.7 Å². The van der Waals surface area contributed by atoms with E-state index >= 15 is 0 Å². The predicted octanol–water partition coefficient (Wildman–Crippen LogP) is 2.87. The molecule has 164 valence electrons. The SMILES string of the molecule is CN1C(=O)C(c2cc(F)cc(-c3cnc(F)nc3)c2)(c2ccnc(C(F)(F)F)c2)N=C1N. The molecule has 3 aromatic rings. The first-order valence-electron chi connectivity index (χ1n) is 8.98. The van der Waals surface area contributed by atoms with Crippen molar-refractivity contribution >= 4 is 11.9 Å². The predicted molar refractivity (Wildman–Crippen MR) is 102 cm³/mol. The van der Waals surface area contributed by atoms with Gasteiger partial charge in [0, 0.05) is 31.2 Å². The van der Waals surface area contributed by atoms with Gasteiger partial charge in [0.1, 0.15) is 11.5 Å². The summed E-state index contributed by atoms with van der Waals surface area (Å²) in [6.45, 7) is 0. The van der Waals surface area contributed by atoms with Crippen molar-refractivity contribution < 1.29 is 26.7 Å². The van der Waals surface area contributed by atoms with Gasteiger partial charge in [0.15, 0.2) is 11.5 Å². The summed E-state index contributed by atoms with van der Waals surface area (Å²) in [5.74, 6) is -1.88. The van der Waals surface area contributed by atoms with E-state index < -0.39 is 35.2 Å². The largest absolute Gasteiger partial charge is 0.433 e. The van der Waals surface area contributed by atoms with Crippen molar-refractivity contribution in [3.05, 3.63) is 77.6 Å². The Labute approximate surface area is 177 Å². The number of benzene rings is 1. The van der Waals surface area contributed by atoms with Crippen LogP contribution in [0.25, 0.3) is 11.1 Å². The number of likely N-dealkylation sites (N-methyl/N-ethyl adjacent to an activating group) is 1. The summed E-state index contributed by atoms with van der Waals surface area (Å²) < 4.78 is 67.6. The topological polar surface area (TPSA) is 97.4 Å². The van der Waals surface area contributed by atoms with E-state index in [0.29, 0.717) is 6.07 Å². The quantitative estimate of drug-likeness (QED) is 0.491. The average molecular weight is 448 g/mol. The van der Waals surface area contributed by atoms with Crippen LogP contribution < -0.4 is 5.73 Å². The zero-order chi connectivity index (χ0) is 23.3. The van der Waals surface area contributed by atoms with Crippen molar-refractivity contribution in [2.45, 2.75) is 11.7 Å². The molecule has 1 unspecified atom stereocenters. The first-order valence-corrected chi connectivity index (χ1v) is 8.98. The number of carbonyl (C=O) groups excluding carboxylic acids is 1. The molecular formula is C20H13F5N6O. The number of nitrogens with two attached hydrogens (primary N) is 1. The van der Waals surface area contributed by atoms with Crippen LogP contribution in [0.4, 0.5) is 22.0 Å². The first kappa shape index (κ1) is 21.3. The highest BCUT2D eigenvalue weighted by Crippen LogP contribution is 2.42. The maximum absolute atomic E-state index is 14.6. The highest BCUT2D eigenvalue weighted by atomic mass is 19.4. The smallest absolute Gasteiger partial charge is 0.369 e. The van der Waals surface area contributed by atoms with Gasteiger partial charge in [-0.15, -0.1) is 0 Å². The zero-order valence-corrected chi connectivity index (χ0v) is 16.2.